The quantitative estimate of drug-likeness (QED) is 0.757. The average molecular weight is 431 g/mol. The van der Waals surface area contributed by atoms with Crippen LogP contribution in [0.15, 0.2) is 53.4 Å². The van der Waals surface area contributed by atoms with E-state index in [2.05, 4.69) is 12.2 Å². The van der Waals surface area contributed by atoms with Gasteiger partial charge in [-0.05, 0) is 55.5 Å². The first-order valence-corrected chi connectivity index (χ1v) is 12.0. The molecule has 2 aromatic rings. The Morgan fingerprint density at radius 3 is 2.57 bits per heavy atom. The normalized spacial score (nSPS) is 21.6. The van der Waals surface area contributed by atoms with Gasteiger partial charge < -0.3 is 14.8 Å². The number of nitrogens with zero attached hydrogens (tertiary/aromatic N) is 1. The van der Waals surface area contributed by atoms with Crippen molar-refractivity contribution in [3.05, 3.63) is 54.1 Å². The summed E-state index contributed by atoms with van der Waals surface area (Å²) in [5, 5.41) is 3.53. The fraction of sp³-hybridized carbons (Fsp3) is 0.478. The lowest BCUT2D eigenvalue weighted by atomic mass is 9.88. The zero-order valence-corrected chi connectivity index (χ0v) is 18.5. The second kappa shape index (κ2) is 8.57. The SMILES string of the molecule is CCc1ccc(S(=O)(=O)N2CCC3(CC2)CC(Nc2cccc(OC)c2)CO3)cc1. The summed E-state index contributed by atoms with van der Waals surface area (Å²) in [6.45, 7) is 3.67. The van der Waals surface area contributed by atoms with Crippen LogP contribution in [0.1, 0.15) is 31.7 Å². The maximum absolute atomic E-state index is 13.0. The molecule has 0 saturated carbocycles. The van der Waals surface area contributed by atoms with Gasteiger partial charge >= 0.3 is 0 Å². The van der Waals surface area contributed by atoms with Crippen LogP contribution in [0.2, 0.25) is 0 Å². The van der Waals surface area contributed by atoms with Crippen LogP contribution in [-0.2, 0) is 21.2 Å². The van der Waals surface area contributed by atoms with Crippen molar-refractivity contribution in [1.29, 1.82) is 0 Å². The summed E-state index contributed by atoms with van der Waals surface area (Å²) in [7, 11) is -1.80. The molecular weight excluding hydrogens is 400 g/mol. The summed E-state index contributed by atoms with van der Waals surface area (Å²) < 4.78 is 39.1. The Balaban J connectivity index is 1.36. The molecule has 0 radical (unpaired) electrons. The Hall–Kier alpha value is -2.09. The predicted molar refractivity (Wildman–Crippen MR) is 118 cm³/mol. The third-order valence-electron chi connectivity index (χ3n) is 6.25. The number of rotatable bonds is 6. The van der Waals surface area contributed by atoms with E-state index in [1.165, 1.54) is 0 Å². The third kappa shape index (κ3) is 4.33. The highest BCUT2D eigenvalue weighted by Crippen LogP contribution is 2.38. The zero-order chi connectivity index (χ0) is 21.2. The molecule has 1 unspecified atom stereocenters. The summed E-state index contributed by atoms with van der Waals surface area (Å²) in [6, 6.07) is 15.3. The standard InChI is InChI=1S/C23H30N2O4S/c1-3-18-7-9-22(10-8-18)30(26,27)25-13-11-23(12-14-25)16-20(17-29-23)24-19-5-4-6-21(15-19)28-2/h4-10,15,20,24H,3,11-14,16-17H2,1-2H3. The second-order valence-electron chi connectivity index (χ2n) is 8.17. The van der Waals surface area contributed by atoms with Crippen LogP contribution in [0.4, 0.5) is 5.69 Å². The van der Waals surface area contributed by atoms with Crippen LogP contribution in [0.3, 0.4) is 0 Å². The third-order valence-corrected chi connectivity index (χ3v) is 8.17. The van der Waals surface area contributed by atoms with E-state index in [0.717, 1.165) is 42.7 Å². The number of ether oxygens (including phenoxy) is 2. The van der Waals surface area contributed by atoms with Gasteiger partial charge in [0.15, 0.2) is 0 Å². The van der Waals surface area contributed by atoms with E-state index in [4.69, 9.17) is 9.47 Å². The molecule has 2 aliphatic rings. The first kappa shape index (κ1) is 21.2. The number of hydrogen-bond acceptors (Lipinski definition) is 5. The number of benzene rings is 2. The summed E-state index contributed by atoms with van der Waals surface area (Å²) in [5.74, 6) is 0.819. The minimum Gasteiger partial charge on any atom is -0.497 e. The number of methoxy groups -OCH3 is 1. The van der Waals surface area contributed by atoms with Crippen molar-refractivity contribution in [2.24, 2.45) is 0 Å². The Bertz CT molecular complexity index is 967. The van der Waals surface area contributed by atoms with Gasteiger partial charge in [0.05, 0.1) is 30.3 Å². The lowest BCUT2D eigenvalue weighted by molar-refractivity contribution is -0.0310. The van der Waals surface area contributed by atoms with Gasteiger partial charge in [0.1, 0.15) is 5.75 Å². The van der Waals surface area contributed by atoms with Crippen LogP contribution in [0.5, 0.6) is 5.75 Å². The lowest BCUT2D eigenvalue weighted by Gasteiger charge is -2.38. The lowest BCUT2D eigenvalue weighted by Crippen LogP contribution is -2.46. The maximum Gasteiger partial charge on any atom is 0.243 e. The van der Waals surface area contributed by atoms with Gasteiger partial charge in [-0.2, -0.15) is 4.31 Å². The van der Waals surface area contributed by atoms with Crippen molar-refractivity contribution in [3.63, 3.8) is 0 Å². The van der Waals surface area contributed by atoms with Crippen LogP contribution >= 0.6 is 0 Å². The Morgan fingerprint density at radius 2 is 1.90 bits per heavy atom. The minimum absolute atomic E-state index is 0.210. The second-order valence-corrected chi connectivity index (χ2v) is 10.1. The van der Waals surface area contributed by atoms with Gasteiger partial charge in [0, 0.05) is 24.8 Å². The van der Waals surface area contributed by atoms with Crippen LogP contribution in [0, 0.1) is 0 Å². The minimum atomic E-state index is -3.45. The van der Waals surface area contributed by atoms with Crippen molar-refractivity contribution in [3.8, 4) is 5.75 Å². The highest BCUT2D eigenvalue weighted by atomic mass is 32.2. The van der Waals surface area contributed by atoms with E-state index in [1.54, 1.807) is 23.5 Å². The summed E-state index contributed by atoms with van der Waals surface area (Å²) in [4.78, 5) is 0.376. The molecule has 2 aromatic carbocycles. The molecule has 2 saturated heterocycles. The summed E-state index contributed by atoms with van der Waals surface area (Å²) in [6.07, 6.45) is 3.21. The topological polar surface area (TPSA) is 67.9 Å². The highest BCUT2D eigenvalue weighted by molar-refractivity contribution is 7.89. The fourth-order valence-corrected chi connectivity index (χ4v) is 5.86. The van der Waals surface area contributed by atoms with Gasteiger partial charge in [-0.15, -0.1) is 0 Å². The molecule has 6 nitrogen and oxygen atoms in total. The van der Waals surface area contributed by atoms with E-state index in [0.29, 0.717) is 24.6 Å². The Morgan fingerprint density at radius 1 is 1.17 bits per heavy atom. The van der Waals surface area contributed by atoms with Crippen molar-refractivity contribution in [1.82, 2.24) is 4.31 Å². The van der Waals surface area contributed by atoms with Crippen LogP contribution in [-0.4, -0.2) is 51.2 Å². The Kier molecular flexibility index (Phi) is 6.04. The number of piperidine rings is 1. The molecule has 162 valence electrons. The largest absolute Gasteiger partial charge is 0.497 e. The molecule has 4 rings (SSSR count). The monoisotopic (exact) mass is 430 g/mol. The number of anilines is 1. The maximum atomic E-state index is 13.0. The molecule has 7 heteroatoms. The van der Waals surface area contributed by atoms with Crippen molar-refractivity contribution in [2.45, 2.75) is 49.1 Å². The molecular formula is C23H30N2O4S. The van der Waals surface area contributed by atoms with E-state index in [-0.39, 0.29) is 11.6 Å². The van der Waals surface area contributed by atoms with Gasteiger partial charge in [-0.25, -0.2) is 8.42 Å². The molecule has 1 atom stereocenters. The zero-order valence-electron chi connectivity index (χ0n) is 17.6. The van der Waals surface area contributed by atoms with Gasteiger partial charge in [-0.3, -0.25) is 0 Å². The number of hydrogen-bond donors (Lipinski definition) is 1. The van der Waals surface area contributed by atoms with E-state index in [9.17, 15) is 8.42 Å². The Labute approximate surface area is 179 Å². The molecule has 0 aliphatic carbocycles. The summed E-state index contributed by atoms with van der Waals surface area (Å²) in [5.41, 5.74) is 1.91. The number of sulfonamides is 1. The number of nitrogens with one attached hydrogen (secondary N) is 1. The molecule has 2 heterocycles. The average Bonchev–Trinajstić information content (AvgIpc) is 3.15. The van der Waals surface area contributed by atoms with Crippen molar-refractivity contribution in [2.75, 3.05) is 32.1 Å². The molecule has 2 fully saturated rings. The summed E-state index contributed by atoms with van der Waals surface area (Å²) >= 11 is 0. The highest BCUT2D eigenvalue weighted by Gasteiger charge is 2.44. The molecule has 0 bridgehead atoms. The van der Waals surface area contributed by atoms with Crippen LogP contribution < -0.4 is 10.1 Å². The molecule has 30 heavy (non-hydrogen) atoms. The number of aryl methyl sites for hydroxylation is 1. The van der Waals surface area contributed by atoms with Gasteiger partial charge in [0.2, 0.25) is 10.0 Å². The molecule has 1 N–H and O–H groups in total. The van der Waals surface area contributed by atoms with E-state index < -0.39 is 10.0 Å². The van der Waals surface area contributed by atoms with E-state index >= 15 is 0 Å². The molecule has 1 spiro atoms. The van der Waals surface area contributed by atoms with Crippen LogP contribution in [0.25, 0.3) is 0 Å². The predicted octanol–water partition coefficient (Wildman–Crippen LogP) is 3.68. The molecule has 0 amide bonds. The first-order chi connectivity index (χ1) is 14.4. The van der Waals surface area contributed by atoms with Crippen molar-refractivity contribution >= 4 is 15.7 Å². The fourth-order valence-electron chi connectivity index (χ4n) is 4.41. The van der Waals surface area contributed by atoms with Gasteiger partial charge in [0.25, 0.3) is 0 Å². The van der Waals surface area contributed by atoms with Gasteiger partial charge in [-0.1, -0.05) is 25.1 Å². The van der Waals surface area contributed by atoms with Crippen molar-refractivity contribution < 1.29 is 17.9 Å². The molecule has 0 aromatic heterocycles. The first-order valence-electron chi connectivity index (χ1n) is 10.6. The smallest absolute Gasteiger partial charge is 0.243 e. The van der Waals surface area contributed by atoms with E-state index in [1.807, 2.05) is 36.4 Å². The molecule has 2 aliphatic heterocycles.